The minimum atomic E-state index is 0.413. The number of aromatic amines is 1. The maximum absolute atomic E-state index is 4.54. The van der Waals surface area contributed by atoms with Crippen LogP contribution in [0.4, 0.5) is 0 Å². The number of aromatic nitrogens is 2. The number of halogens is 1. The molecule has 1 aliphatic rings. The molecule has 0 bridgehead atoms. The van der Waals surface area contributed by atoms with E-state index in [1.807, 2.05) is 28.9 Å². The van der Waals surface area contributed by atoms with Gasteiger partial charge in [-0.05, 0) is 54.1 Å². The van der Waals surface area contributed by atoms with Gasteiger partial charge in [-0.2, -0.15) is 0 Å². The Kier molecular flexibility index (Phi) is 3.13. The number of thiophene rings is 2. The third-order valence-corrected chi connectivity index (χ3v) is 6.52. The highest BCUT2D eigenvalue weighted by molar-refractivity contribution is 14.1. The van der Waals surface area contributed by atoms with E-state index in [0.717, 1.165) is 18.1 Å². The summed E-state index contributed by atoms with van der Waals surface area (Å²) in [5, 5.41) is 3.48. The molecule has 1 saturated heterocycles. The Balaban J connectivity index is 1.69. The van der Waals surface area contributed by atoms with Crippen LogP contribution in [0.15, 0.2) is 18.3 Å². The predicted octanol–water partition coefficient (Wildman–Crippen LogP) is 4.38. The van der Waals surface area contributed by atoms with Crippen LogP contribution in [0.3, 0.4) is 0 Å². The molecule has 1 aliphatic heterocycles. The van der Waals surface area contributed by atoms with Crippen molar-refractivity contribution in [1.29, 1.82) is 0 Å². The van der Waals surface area contributed by atoms with Crippen LogP contribution < -0.4 is 5.32 Å². The number of imidazole rings is 1. The molecule has 3 nitrogen and oxygen atoms in total. The molecule has 0 unspecified atom stereocenters. The molecule has 19 heavy (non-hydrogen) atoms. The Labute approximate surface area is 132 Å². The van der Waals surface area contributed by atoms with Crippen molar-refractivity contribution in [3.8, 4) is 10.6 Å². The molecule has 0 aliphatic carbocycles. The van der Waals surface area contributed by atoms with Gasteiger partial charge in [0.2, 0.25) is 0 Å². The molecular formula is C13H12IN3S2. The first-order valence-corrected chi connectivity index (χ1v) is 8.98. The van der Waals surface area contributed by atoms with Gasteiger partial charge in [0.15, 0.2) is 0 Å². The van der Waals surface area contributed by atoms with Crippen molar-refractivity contribution in [2.75, 3.05) is 6.54 Å². The highest BCUT2D eigenvalue weighted by Crippen LogP contribution is 2.38. The summed E-state index contributed by atoms with van der Waals surface area (Å²) in [5.41, 5.74) is 1.15. The lowest BCUT2D eigenvalue weighted by molar-refractivity contribution is 0.613. The van der Waals surface area contributed by atoms with Gasteiger partial charge in [-0.25, -0.2) is 4.98 Å². The first kappa shape index (κ1) is 12.3. The van der Waals surface area contributed by atoms with Gasteiger partial charge < -0.3 is 10.3 Å². The first-order chi connectivity index (χ1) is 9.29. The van der Waals surface area contributed by atoms with Gasteiger partial charge in [-0.15, -0.1) is 22.7 Å². The lowest BCUT2D eigenvalue weighted by atomic mass is 10.2. The van der Waals surface area contributed by atoms with Crippen LogP contribution in [-0.2, 0) is 0 Å². The number of nitrogens with one attached hydrogen (secondary N) is 2. The van der Waals surface area contributed by atoms with E-state index in [-0.39, 0.29) is 0 Å². The van der Waals surface area contributed by atoms with Crippen molar-refractivity contribution >= 4 is 54.7 Å². The number of fused-ring (bicyclic) bond motifs is 1. The molecule has 2 N–H and O–H groups in total. The largest absolute Gasteiger partial charge is 0.340 e. The fraction of sp³-hybridized carbons (Fsp3) is 0.308. The molecule has 0 spiro atoms. The van der Waals surface area contributed by atoms with E-state index in [4.69, 9.17) is 0 Å². The molecule has 3 aromatic rings. The van der Waals surface area contributed by atoms with E-state index < -0.39 is 0 Å². The third kappa shape index (κ3) is 2.24. The summed E-state index contributed by atoms with van der Waals surface area (Å²) >= 11 is 6.07. The zero-order valence-corrected chi connectivity index (χ0v) is 13.9. The number of H-pyrrole nitrogens is 1. The molecule has 0 radical (unpaired) electrons. The minimum absolute atomic E-state index is 0.413. The minimum Gasteiger partial charge on any atom is -0.340 e. The fourth-order valence-corrected chi connectivity index (χ4v) is 5.82. The maximum Gasteiger partial charge on any atom is 0.123 e. The zero-order valence-electron chi connectivity index (χ0n) is 10.1. The van der Waals surface area contributed by atoms with Crippen molar-refractivity contribution < 1.29 is 0 Å². The standard InChI is InChI=1S/C13H12IN3S2/c14-12-5-11-10(19-12)4-9(18-11)8-6-16-13(17-8)7-2-1-3-15-7/h4-7,15H,1-3H2,(H,16,17)/t7-/m0/s1. The van der Waals surface area contributed by atoms with Crippen LogP contribution in [0.25, 0.3) is 20.0 Å². The number of hydrogen-bond donors (Lipinski definition) is 2. The van der Waals surface area contributed by atoms with Crippen molar-refractivity contribution in [2.45, 2.75) is 18.9 Å². The fourth-order valence-electron chi connectivity index (χ4n) is 2.50. The summed E-state index contributed by atoms with van der Waals surface area (Å²) in [6.45, 7) is 1.11. The second kappa shape index (κ2) is 4.83. The number of nitrogens with zero attached hydrogens (tertiary/aromatic N) is 1. The third-order valence-electron chi connectivity index (χ3n) is 3.43. The van der Waals surface area contributed by atoms with Crippen LogP contribution in [0.5, 0.6) is 0 Å². The second-order valence-electron chi connectivity index (χ2n) is 4.72. The van der Waals surface area contributed by atoms with E-state index in [1.54, 1.807) is 0 Å². The Morgan fingerprint density at radius 2 is 2.16 bits per heavy atom. The highest BCUT2D eigenvalue weighted by atomic mass is 127. The average Bonchev–Trinajstić information content (AvgIpc) is 3.11. The summed E-state index contributed by atoms with van der Waals surface area (Å²) in [7, 11) is 0. The molecular weight excluding hydrogens is 389 g/mol. The van der Waals surface area contributed by atoms with E-state index in [2.05, 4.69) is 50.0 Å². The molecule has 3 aromatic heterocycles. The molecule has 1 atom stereocenters. The van der Waals surface area contributed by atoms with Gasteiger partial charge in [0.1, 0.15) is 5.82 Å². The van der Waals surface area contributed by atoms with Crippen LogP contribution in [0, 0.1) is 2.88 Å². The first-order valence-electron chi connectivity index (χ1n) is 6.27. The van der Waals surface area contributed by atoms with Crippen molar-refractivity contribution in [2.24, 2.45) is 0 Å². The zero-order chi connectivity index (χ0) is 12.8. The summed E-state index contributed by atoms with van der Waals surface area (Å²) in [5.74, 6) is 1.08. The SMILES string of the molecule is Ic1cc2sc(-c3cnc([C@@H]4CCCN4)[nH]3)cc2s1. The van der Waals surface area contributed by atoms with Gasteiger partial charge in [0.05, 0.1) is 25.7 Å². The molecule has 4 heterocycles. The van der Waals surface area contributed by atoms with Gasteiger partial charge in [-0.3, -0.25) is 0 Å². The van der Waals surface area contributed by atoms with Crippen molar-refractivity contribution in [3.63, 3.8) is 0 Å². The monoisotopic (exact) mass is 401 g/mol. The normalized spacial score (nSPS) is 19.5. The molecule has 0 saturated carbocycles. The van der Waals surface area contributed by atoms with Crippen LogP contribution in [0.1, 0.15) is 24.7 Å². The van der Waals surface area contributed by atoms with Crippen LogP contribution >= 0.6 is 45.3 Å². The van der Waals surface area contributed by atoms with Gasteiger partial charge in [0.25, 0.3) is 0 Å². The van der Waals surface area contributed by atoms with Crippen molar-refractivity contribution in [3.05, 3.63) is 27.0 Å². The maximum atomic E-state index is 4.54. The van der Waals surface area contributed by atoms with Gasteiger partial charge in [0, 0.05) is 9.40 Å². The Bertz CT molecular complexity index is 690. The molecule has 4 rings (SSSR count). The summed E-state index contributed by atoms with van der Waals surface area (Å²) < 4.78 is 4.10. The van der Waals surface area contributed by atoms with E-state index in [0.29, 0.717) is 6.04 Å². The van der Waals surface area contributed by atoms with E-state index in [9.17, 15) is 0 Å². The molecule has 1 fully saturated rings. The van der Waals surface area contributed by atoms with Crippen LogP contribution in [-0.4, -0.2) is 16.5 Å². The molecule has 98 valence electrons. The summed E-state index contributed by atoms with van der Waals surface area (Å²) in [6, 6.07) is 4.94. The van der Waals surface area contributed by atoms with Gasteiger partial charge >= 0.3 is 0 Å². The molecule has 0 amide bonds. The lowest BCUT2D eigenvalue weighted by Gasteiger charge is -2.04. The topological polar surface area (TPSA) is 40.7 Å². The average molecular weight is 401 g/mol. The predicted molar refractivity (Wildman–Crippen MR) is 90.0 cm³/mol. The number of rotatable bonds is 2. The number of hydrogen-bond acceptors (Lipinski definition) is 4. The smallest absolute Gasteiger partial charge is 0.123 e. The van der Waals surface area contributed by atoms with Crippen molar-refractivity contribution in [1.82, 2.24) is 15.3 Å². The lowest BCUT2D eigenvalue weighted by Crippen LogP contribution is -2.14. The van der Waals surface area contributed by atoms with Gasteiger partial charge in [-0.1, -0.05) is 0 Å². The Morgan fingerprint density at radius 1 is 1.26 bits per heavy atom. The van der Waals surface area contributed by atoms with E-state index in [1.165, 1.54) is 30.0 Å². The Hall–Kier alpha value is -0.440. The summed E-state index contributed by atoms with van der Waals surface area (Å²) in [6.07, 6.45) is 4.40. The Morgan fingerprint density at radius 3 is 2.95 bits per heavy atom. The second-order valence-corrected chi connectivity index (χ2v) is 8.78. The van der Waals surface area contributed by atoms with E-state index >= 15 is 0 Å². The molecule has 6 heteroatoms. The quantitative estimate of drug-likeness (QED) is 0.626. The molecule has 0 aromatic carbocycles. The highest BCUT2D eigenvalue weighted by Gasteiger charge is 2.19. The van der Waals surface area contributed by atoms with Crippen LogP contribution in [0.2, 0.25) is 0 Å². The summed E-state index contributed by atoms with van der Waals surface area (Å²) in [4.78, 5) is 9.30.